The van der Waals surface area contributed by atoms with Crippen LogP contribution >= 0.6 is 0 Å². The Balaban J connectivity index is 3.32. The molecule has 15 heavy (non-hydrogen) atoms. The fourth-order valence-corrected chi connectivity index (χ4v) is 1.11. The fraction of sp³-hybridized carbons (Fsp3) is 0.500. The van der Waals surface area contributed by atoms with Crippen molar-refractivity contribution < 1.29 is 19.0 Å². The Morgan fingerprint density at radius 2 is 2.20 bits per heavy atom. The second kappa shape index (κ2) is 4.07. The van der Waals surface area contributed by atoms with Gasteiger partial charge in [-0.3, -0.25) is 4.52 Å². The molecule has 1 aromatic heterocycles. The number of hydrogen-bond donors (Lipinski definition) is 0. The molecule has 1 heterocycles. The highest BCUT2D eigenvalue weighted by atomic mass is 16.6. The van der Waals surface area contributed by atoms with Gasteiger partial charge >= 0.3 is 11.8 Å². The molecule has 0 saturated carbocycles. The van der Waals surface area contributed by atoms with Crippen molar-refractivity contribution in [2.24, 2.45) is 0 Å². The highest BCUT2D eigenvalue weighted by Gasteiger charge is 2.34. The molecule has 0 aliphatic heterocycles. The largest absolute Gasteiger partial charge is 0.465 e. The first kappa shape index (κ1) is 11.2. The van der Waals surface area contributed by atoms with Crippen molar-refractivity contribution in [3.8, 4) is 0 Å². The maximum atomic E-state index is 11.3. The summed E-state index contributed by atoms with van der Waals surface area (Å²) in [6.07, 6.45) is 0. The third-order valence-electron chi connectivity index (χ3n) is 1.79. The molecule has 7 nitrogen and oxygen atoms in total. The lowest BCUT2D eigenvalue weighted by Gasteiger charge is -2.00. The van der Waals surface area contributed by atoms with Gasteiger partial charge in [0, 0.05) is 5.92 Å². The molecule has 0 N–H and O–H groups in total. The number of nitro groups is 1. The van der Waals surface area contributed by atoms with Crippen LogP contribution in [0.3, 0.4) is 0 Å². The van der Waals surface area contributed by atoms with Crippen LogP contribution in [-0.2, 0) is 4.74 Å². The fourth-order valence-electron chi connectivity index (χ4n) is 1.11. The molecular formula is C8H10N2O5. The Bertz CT molecular complexity index is 396. The van der Waals surface area contributed by atoms with E-state index in [-0.39, 0.29) is 17.2 Å². The molecule has 1 aromatic rings. The van der Waals surface area contributed by atoms with Crippen molar-refractivity contribution in [3.63, 3.8) is 0 Å². The third kappa shape index (κ3) is 1.95. The van der Waals surface area contributed by atoms with Gasteiger partial charge in [-0.15, -0.1) is 0 Å². The average Bonchev–Trinajstić information content (AvgIpc) is 2.60. The van der Waals surface area contributed by atoms with E-state index in [0.29, 0.717) is 0 Å². The van der Waals surface area contributed by atoms with Crippen LogP contribution in [0.4, 0.5) is 5.82 Å². The number of carbonyl (C=O) groups excluding carboxylic acids is 1. The number of carbonyl (C=O) groups is 1. The van der Waals surface area contributed by atoms with Gasteiger partial charge in [0.1, 0.15) is 0 Å². The van der Waals surface area contributed by atoms with Gasteiger partial charge in [0.15, 0.2) is 10.9 Å². The number of methoxy groups -OCH3 is 1. The molecule has 0 saturated heterocycles. The summed E-state index contributed by atoms with van der Waals surface area (Å²) < 4.78 is 9.18. The predicted molar refractivity (Wildman–Crippen MR) is 48.6 cm³/mol. The first-order valence-electron chi connectivity index (χ1n) is 4.21. The lowest BCUT2D eigenvalue weighted by Crippen LogP contribution is -2.07. The molecule has 0 amide bonds. The number of esters is 1. The van der Waals surface area contributed by atoms with Gasteiger partial charge in [0.25, 0.3) is 0 Å². The Hall–Kier alpha value is -1.92. The Morgan fingerprint density at radius 1 is 1.60 bits per heavy atom. The van der Waals surface area contributed by atoms with E-state index in [1.807, 2.05) is 0 Å². The minimum Gasteiger partial charge on any atom is -0.465 e. The smallest absolute Gasteiger partial charge is 0.428 e. The van der Waals surface area contributed by atoms with Crippen LogP contribution in [0.15, 0.2) is 4.52 Å². The van der Waals surface area contributed by atoms with E-state index in [2.05, 4.69) is 9.89 Å². The third-order valence-corrected chi connectivity index (χ3v) is 1.79. The van der Waals surface area contributed by atoms with Crippen LogP contribution in [0.2, 0.25) is 0 Å². The number of hydrogen-bond acceptors (Lipinski definition) is 6. The Kier molecular flexibility index (Phi) is 3.03. The molecule has 1 rings (SSSR count). The van der Waals surface area contributed by atoms with Gasteiger partial charge in [0.2, 0.25) is 5.56 Å². The zero-order chi connectivity index (χ0) is 11.6. The molecule has 0 aliphatic carbocycles. The highest BCUT2D eigenvalue weighted by molar-refractivity contribution is 5.94. The first-order valence-corrected chi connectivity index (χ1v) is 4.21. The lowest BCUT2D eigenvalue weighted by atomic mass is 10.1. The van der Waals surface area contributed by atoms with E-state index in [4.69, 9.17) is 4.52 Å². The summed E-state index contributed by atoms with van der Waals surface area (Å²) in [7, 11) is 1.14. The monoisotopic (exact) mass is 214 g/mol. The minimum atomic E-state index is -0.813. The molecule has 0 bridgehead atoms. The van der Waals surface area contributed by atoms with Gasteiger partial charge in [-0.05, 0) is 4.92 Å². The molecule has 0 atom stereocenters. The lowest BCUT2D eigenvalue weighted by molar-refractivity contribution is -0.391. The Morgan fingerprint density at radius 3 is 2.60 bits per heavy atom. The molecule has 0 unspecified atom stereocenters. The number of nitrogens with zero attached hydrogens (tertiary/aromatic N) is 2. The van der Waals surface area contributed by atoms with E-state index in [1.165, 1.54) is 0 Å². The zero-order valence-corrected chi connectivity index (χ0v) is 8.51. The van der Waals surface area contributed by atoms with E-state index in [0.717, 1.165) is 7.11 Å². The SMILES string of the molecule is COC(=O)c1c([N+](=O)[O-])noc1C(C)C. The van der Waals surface area contributed by atoms with Gasteiger partial charge in [0.05, 0.1) is 7.11 Å². The van der Waals surface area contributed by atoms with Crippen LogP contribution in [0, 0.1) is 10.1 Å². The van der Waals surface area contributed by atoms with Crippen LogP contribution in [-0.4, -0.2) is 23.2 Å². The zero-order valence-electron chi connectivity index (χ0n) is 8.51. The predicted octanol–water partition coefficient (Wildman–Crippen LogP) is 1.49. The van der Waals surface area contributed by atoms with E-state index in [1.54, 1.807) is 13.8 Å². The van der Waals surface area contributed by atoms with Crippen molar-refractivity contribution in [2.45, 2.75) is 19.8 Å². The molecule has 7 heteroatoms. The van der Waals surface area contributed by atoms with Crippen LogP contribution in [0.1, 0.15) is 35.9 Å². The van der Waals surface area contributed by atoms with E-state index < -0.39 is 16.7 Å². The van der Waals surface area contributed by atoms with Crippen molar-refractivity contribution in [3.05, 3.63) is 21.4 Å². The summed E-state index contributed by atoms with van der Waals surface area (Å²) in [5, 5.41) is 13.8. The van der Waals surface area contributed by atoms with Gasteiger partial charge in [-0.25, -0.2) is 4.79 Å². The van der Waals surface area contributed by atoms with Crippen LogP contribution in [0.5, 0.6) is 0 Å². The number of aromatic nitrogens is 1. The van der Waals surface area contributed by atoms with E-state index in [9.17, 15) is 14.9 Å². The van der Waals surface area contributed by atoms with Crippen LogP contribution in [0.25, 0.3) is 0 Å². The van der Waals surface area contributed by atoms with Crippen molar-refractivity contribution >= 4 is 11.8 Å². The second-order valence-corrected chi connectivity index (χ2v) is 3.15. The van der Waals surface area contributed by atoms with E-state index >= 15 is 0 Å². The second-order valence-electron chi connectivity index (χ2n) is 3.15. The first-order chi connectivity index (χ1) is 6.99. The summed E-state index contributed by atoms with van der Waals surface area (Å²) in [5.74, 6) is -1.44. The summed E-state index contributed by atoms with van der Waals surface area (Å²) in [5.41, 5.74) is -0.211. The summed E-state index contributed by atoms with van der Waals surface area (Å²) in [6.45, 7) is 3.47. The quantitative estimate of drug-likeness (QED) is 0.429. The summed E-state index contributed by atoms with van der Waals surface area (Å²) >= 11 is 0. The molecule has 0 spiro atoms. The van der Waals surface area contributed by atoms with Crippen LogP contribution < -0.4 is 0 Å². The summed E-state index contributed by atoms with van der Waals surface area (Å²) in [6, 6.07) is 0. The number of ether oxygens (including phenoxy) is 1. The van der Waals surface area contributed by atoms with Gasteiger partial charge < -0.3 is 14.9 Å². The molecule has 0 aromatic carbocycles. The maximum Gasteiger partial charge on any atom is 0.428 e. The van der Waals surface area contributed by atoms with Gasteiger partial charge in [-0.1, -0.05) is 13.8 Å². The molecule has 0 radical (unpaired) electrons. The maximum absolute atomic E-state index is 11.3. The standard InChI is InChI=1S/C8H10N2O5/c1-4(2)6-5(8(11)14-3)7(9-15-6)10(12)13/h4H,1-3H3. The minimum absolute atomic E-state index is 0.161. The normalized spacial score (nSPS) is 10.4. The molecule has 82 valence electrons. The average molecular weight is 214 g/mol. The highest BCUT2D eigenvalue weighted by Crippen LogP contribution is 2.27. The van der Waals surface area contributed by atoms with Gasteiger partial charge in [-0.2, -0.15) is 0 Å². The summed E-state index contributed by atoms with van der Waals surface area (Å²) in [4.78, 5) is 21.1. The van der Waals surface area contributed by atoms with Crippen molar-refractivity contribution in [2.75, 3.05) is 7.11 Å². The molecule has 0 fully saturated rings. The van der Waals surface area contributed by atoms with Crippen molar-refractivity contribution in [1.82, 2.24) is 5.16 Å². The molecular weight excluding hydrogens is 204 g/mol. The number of rotatable bonds is 3. The topological polar surface area (TPSA) is 95.5 Å². The van der Waals surface area contributed by atoms with Crippen molar-refractivity contribution in [1.29, 1.82) is 0 Å². The Labute approximate surface area is 85.1 Å². The molecule has 0 aliphatic rings.